The highest BCUT2D eigenvalue weighted by molar-refractivity contribution is 8.00. The van der Waals surface area contributed by atoms with E-state index in [9.17, 15) is 14.4 Å². The Kier molecular flexibility index (Phi) is 10.9. The molecule has 6 aromatic rings. The Bertz CT molecular complexity index is 2110. The number of carbonyl (C=O) groups excluding carboxylic acids is 3. The van der Waals surface area contributed by atoms with Crippen LogP contribution < -0.4 is 16.0 Å². The second-order valence-corrected chi connectivity index (χ2v) is 12.9. The van der Waals surface area contributed by atoms with Gasteiger partial charge in [-0.1, -0.05) is 90.0 Å². The highest BCUT2D eigenvalue weighted by Gasteiger charge is 2.23. The standard InChI is InChI=1S/C41H32ClN3O4S/c1-27-12-14-28(15-13-27)37-25-22-34(49-37)26-36(45-39(46)30-10-6-3-7-11-30)40(47)43-33-20-23-35(24-21-33)50-38(29-8-4-2-5-9-29)41(48)44-32-18-16-31(42)17-19-32/h2-26,38H,1H3,(H,43,47)(H,44,48)(H,45,46)/b36-26-/t38-/m0/s1. The lowest BCUT2D eigenvalue weighted by atomic mass is 10.1. The number of rotatable bonds is 11. The molecule has 5 aromatic carbocycles. The fraction of sp³-hybridized carbons (Fsp3) is 0.0488. The lowest BCUT2D eigenvalue weighted by Crippen LogP contribution is -2.30. The van der Waals surface area contributed by atoms with Crippen molar-refractivity contribution in [3.63, 3.8) is 0 Å². The molecule has 0 bridgehead atoms. The molecular weight excluding hydrogens is 666 g/mol. The van der Waals surface area contributed by atoms with Crippen LogP contribution >= 0.6 is 23.4 Å². The number of carbonyl (C=O) groups is 3. The monoisotopic (exact) mass is 697 g/mol. The van der Waals surface area contributed by atoms with Crippen molar-refractivity contribution in [2.24, 2.45) is 0 Å². The van der Waals surface area contributed by atoms with Crippen molar-refractivity contribution in [2.75, 3.05) is 10.6 Å². The average Bonchev–Trinajstić information content (AvgIpc) is 3.61. The minimum Gasteiger partial charge on any atom is -0.457 e. The summed E-state index contributed by atoms with van der Waals surface area (Å²) >= 11 is 7.40. The first-order chi connectivity index (χ1) is 24.3. The zero-order chi connectivity index (χ0) is 34.9. The molecule has 1 aromatic heterocycles. The number of hydrogen-bond donors (Lipinski definition) is 3. The van der Waals surface area contributed by atoms with Gasteiger partial charge in [0.2, 0.25) is 5.91 Å². The number of amides is 3. The summed E-state index contributed by atoms with van der Waals surface area (Å²) in [6.07, 6.45) is 1.50. The first-order valence-electron chi connectivity index (χ1n) is 15.8. The Balaban J connectivity index is 1.20. The molecule has 0 aliphatic carbocycles. The van der Waals surface area contributed by atoms with E-state index in [0.717, 1.165) is 21.6 Å². The Morgan fingerprint density at radius 1 is 0.700 bits per heavy atom. The molecule has 1 heterocycles. The van der Waals surface area contributed by atoms with Crippen LogP contribution in [0.3, 0.4) is 0 Å². The molecule has 248 valence electrons. The molecule has 6 rings (SSSR count). The zero-order valence-electron chi connectivity index (χ0n) is 26.9. The van der Waals surface area contributed by atoms with Crippen LogP contribution in [0.4, 0.5) is 11.4 Å². The molecule has 50 heavy (non-hydrogen) atoms. The summed E-state index contributed by atoms with van der Waals surface area (Å²) in [6, 6.07) is 43.8. The fourth-order valence-corrected chi connectivity index (χ4v) is 6.13. The van der Waals surface area contributed by atoms with Gasteiger partial charge >= 0.3 is 0 Å². The van der Waals surface area contributed by atoms with Gasteiger partial charge in [0.05, 0.1) is 0 Å². The van der Waals surface area contributed by atoms with Gasteiger partial charge in [0.1, 0.15) is 22.5 Å². The van der Waals surface area contributed by atoms with Crippen LogP contribution in [-0.2, 0) is 9.59 Å². The first-order valence-corrected chi connectivity index (χ1v) is 17.0. The highest BCUT2D eigenvalue weighted by Crippen LogP contribution is 2.37. The van der Waals surface area contributed by atoms with Gasteiger partial charge in [-0.05, 0) is 85.3 Å². The Morgan fingerprint density at radius 3 is 2.00 bits per heavy atom. The predicted molar refractivity (Wildman–Crippen MR) is 201 cm³/mol. The van der Waals surface area contributed by atoms with Crippen molar-refractivity contribution in [1.82, 2.24) is 5.32 Å². The Morgan fingerprint density at radius 2 is 1.32 bits per heavy atom. The molecule has 0 saturated heterocycles. The van der Waals surface area contributed by atoms with Gasteiger partial charge in [0.15, 0.2) is 0 Å². The topological polar surface area (TPSA) is 100 Å². The van der Waals surface area contributed by atoms with Crippen molar-refractivity contribution >= 4 is 58.5 Å². The maximum Gasteiger partial charge on any atom is 0.272 e. The third kappa shape index (κ3) is 8.99. The van der Waals surface area contributed by atoms with Crippen LogP contribution in [0.25, 0.3) is 17.4 Å². The average molecular weight is 698 g/mol. The minimum atomic E-state index is -0.548. The largest absolute Gasteiger partial charge is 0.457 e. The van der Waals surface area contributed by atoms with Crippen molar-refractivity contribution in [2.45, 2.75) is 17.1 Å². The minimum absolute atomic E-state index is 0.00474. The van der Waals surface area contributed by atoms with Gasteiger partial charge in [-0.15, -0.1) is 11.8 Å². The number of thioether (sulfide) groups is 1. The summed E-state index contributed by atoms with van der Waals surface area (Å²) < 4.78 is 6.03. The molecular formula is C41H32ClN3O4S. The van der Waals surface area contributed by atoms with E-state index in [2.05, 4.69) is 16.0 Å². The SMILES string of the molecule is Cc1ccc(-c2ccc(/C=C(\NC(=O)c3ccccc3)C(=O)Nc3ccc(S[C@H](C(=O)Nc4ccc(Cl)cc4)c4ccccc4)cc3)o2)cc1. The molecule has 0 aliphatic rings. The van der Waals surface area contributed by atoms with E-state index in [-0.39, 0.29) is 11.6 Å². The first kappa shape index (κ1) is 34.0. The molecule has 9 heteroatoms. The molecule has 0 saturated carbocycles. The van der Waals surface area contributed by atoms with Gasteiger partial charge in [0.25, 0.3) is 11.8 Å². The molecule has 3 amide bonds. The predicted octanol–water partition coefficient (Wildman–Crippen LogP) is 9.79. The fourth-order valence-electron chi connectivity index (χ4n) is 4.98. The molecule has 0 radical (unpaired) electrons. The summed E-state index contributed by atoms with van der Waals surface area (Å²) in [5.41, 5.74) is 4.41. The quantitative estimate of drug-likeness (QED) is 0.0925. The van der Waals surface area contributed by atoms with Crippen LogP contribution in [0.15, 0.2) is 161 Å². The summed E-state index contributed by atoms with van der Waals surface area (Å²) in [5, 5.41) is 8.62. The highest BCUT2D eigenvalue weighted by atomic mass is 35.5. The van der Waals surface area contributed by atoms with Crippen molar-refractivity contribution in [3.05, 3.63) is 179 Å². The Hall–Kier alpha value is -5.83. The van der Waals surface area contributed by atoms with Crippen molar-refractivity contribution in [1.29, 1.82) is 0 Å². The summed E-state index contributed by atoms with van der Waals surface area (Å²) in [4.78, 5) is 41.0. The number of furan rings is 1. The van der Waals surface area contributed by atoms with E-state index in [1.54, 1.807) is 66.7 Å². The van der Waals surface area contributed by atoms with E-state index in [1.807, 2.05) is 85.8 Å². The van der Waals surface area contributed by atoms with E-state index < -0.39 is 17.1 Å². The number of benzene rings is 5. The molecule has 0 unspecified atom stereocenters. The van der Waals surface area contributed by atoms with Gasteiger partial charge < -0.3 is 20.4 Å². The number of hydrogen-bond acceptors (Lipinski definition) is 5. The number of aryl methyl sites for hydroxylation is 1. The second-order valence-electron chi connectivity index (χ2n) is 11.3. The van der Waals surface area contributed by atoms with E-state index in [0.29, 0.717) is 33.5 Å². The number of nitrogens with one attached hydrogen (secondary N) is 3. The second kappa shape index (κ2) is 16.0. The Labute approximate surface area is 299 Å². The number of halogens is 1. The van der Waals surface area contributed by atoms with Crippen LogP contribution in [0.5, 0.6) is 0 Å². The summed E-state index contributed by atoms with van der Waals surface area (Å²) in [6.45, 7) is 2.01. The van der Waals surface area contributed by atoms with E-state index in [1.165, 1.54) is 17.8 Å². The van der Waals surface area contributed by atoms with Crippen molar-refractivity contribution < 1.29 is 18.8 Å². The van der Waals surface area contributed by atoms with Crippen LogP contribution in [0, 0.1) is 6.92 Å². The van der Waals surface area contributed by atoms with Crippen LogP contribution in [-0.4, -0.2) is 17.7 Å². The lowest BCUT2D eigenvalue weighted by molar-refractivity contribution is -0.116. The normalized spacial score (nSPS) is 11.8. The van der Waals surface area contributed by atoms with Crippen molar-refractivity contribution in [3.8, 4) is 11.3 Å². The third-order valence-corrected chi connectivity index (χ3v) is 9.11. The molecule has 1 atom stereocenters. The van der Waals surface area contributed by atoms with Crippen LogP contribution in [0.2, 0.25) is 5.02 Å². The van der Waals surface area contributed by atoms with E-state index >= 15 is 0 Å². The lowest BCUT2D eigenvalue weighted by Gasteiger charge is -2.17. The van der Waals surface area contributed by atoms with Gasteiger partial charge in [0, 0.05) is 38.5 Å². The molecule has 0 fully saturated rings. The molecule has 3 N–H and O–H groups in total. The van der Waals surface area contributed by atoms with Gasteiger partial charge in [-0.3, -0.25) is 14.4 Å². The molecule has 0 aliphatic heterocycles. The van der Waals surface area contributed by atoms with Gasteiger partial charge in [-0.25, -0.2) is 0 Å². The molecule has 0 spiro atoms. The third-order valence-electron chi connectivity index (χ3n) is 7.60. The van der Waals surface area contributed by atoms with Crippen LogP contribution in [0.1, 0.15) is 32.5 Å². The molecule has 7 nitrogen and oxygen atoms in total. The summed E-state index contributed by atoms with van der Waals surface area (Å²) in [7, 11) is 0. The van der Waals surface area contributed by atoms with E-state index in [4.69, 9.17) is 16.0 Å². The van der Waals surface area contributed by atoms with Gasteiger partial charge in [-0.2, -0.15) is 0 Å². The zero-order valence-corrected chi connectivity index (χ0v) is 28.5. The maximum absolute atomic E-state index is 13.6. The maximum atomic E-state index is 13.6. The smallest absolute Gasteiger partial charge is 0.272 e. The number of anilines is 2. The summed E-state index contributed by atoms with van der Waals surface area (Å²) in [5.74, 6) is -0.127.